The fourth-order valence-electron chi connectivity index (χ4n) is 8.82. The normalized spacial score (nSPS) is 11.2. The van der Waals surface area contributed by atoms with Gasteiger partial charge in [0.15, 0.2) is 17.5 Å². The average molecular weight is 790 g/mol. The van der Waals surface area contributed by atoms with E-state index < -0.39 is 0 Å². The zero-order valence-electron chi connectivity index (χ0n) is 33.9. The van der Waals surface area contributed by atoms with Crippen molar-refractivity contribution in [3.63, 3.8) is 0 Å². The SMILES string of the molecule is c1ccc(-c2ccc(-c3ccc(-c4ccc(-c5nc(-c6ccccc6)nc(-c6ccccc6-c6ccccc6)n5)c5ccccc45)c4ccccc34)c(-c3ccccc3)c2)cc1. The van der Waals surface area contributed by atoms with Crippen molar-refractivity contribution < 1.29 is 0 Å². The quantitative estimate of drug-likeness (QED) is 0.154. The number of fused-ring (bicyclic) bond motifs is 2. The van der Waals surface area contributed by atoms with E-state index in [1.165, 1.54) is 49.7 Å². The molecule has 0 amide bonds. The number of hydrogen-bond acceptors (Lipinski definition) is 3. The van der Waals surface area contributed by atoms with Crippen LogP contribution in [0.25, 0.3) is 111 Å². The molecule has 0 aliphatic carbocycles. The summed E-state index contributed by atoms with van der Waals surface area (Å²) in [6.07, 6.45) is 0. The van der Waals surface area contributed by atoms with E-state index in [2.05, 4.69) is 212 Å². The molecule has 3 heteroatoms. The molecule has 0 N–H and O–H groups in total. The molecule has 0 saturated carbocycles. The first-order chi connectivity index (χ1) is 30.8. The van der Waals surface area contributed by atoms with Crippen molar-refractivity contribution in [1.29, 1.82) is 0 Å². The summed E-state index contributed by atoms with van der Waals surface area (Å²) >= 11 is 0. The third-order valence-electron chi connectivity index (χ3n) is 11.8. The third kappa shape index (κ3) is 6.82. The van der Waals surface area contributed by atoms with Gasteiger partial charge in [-0.3, -0.25) is 0 Å². The Labute approximate surface area is 361 Å². The fourth-order valence-corrected chi connectivity index (χ4v) is 8.82. The molecule has 0 aliphatic rings. The van der Waals surface area contributed by atoms with E-state index >= 15 is 0 Å². The van der Waals surface area contributed by atoms with Crippen molar-refractivity contribution in [2.75, 3.05) is 0 Å². The van der Waals surface area contributed by atoms with Gasteiger partial charge in [0.1, 0.15) is 0 Å². The van der Waals surface area contributed by atoms with E-state index in [0.29, 0.717) is 17.5 Å². The lowest BCUT2D eigenvalue weighted by molar-refractivity contribution is 1.08. The Hall–Kier alpha value is -8.27. The Morgan fingerprint density at radius 1 is 0.177 bits per heavy atom. The van der Waals surface area contributed by atoms with Crippen molar-refractivity contribution >= 4 is 21.5 Å². The number of rotatable bonds is 8. The maximum absolute atomic E-state index is 5.27. The third-order valence-corrected chi connectivity index (χ3v) is 11.8. The monoisotopic (exact) mass is 789 g/mol. The molecule has 1 aromatic heterocycles. The van der Waals surface area contributed by atoms with Gasteiger partial charge in [-0.05, 0) is 89.3 Å². The summed E-state index contributed by atoms with van der Waals surface area (Å²) in [5.41, 5.74) is 14.6. The van der Waals surface area contributed by atoms with Gasteiger partial charge in [-0.2, -0.15) is 0 Å². The molecule has 0 bridgehead atoms. The molecule has 1 heterocycles. The summed E-state index contributed by atoms with van der Waals surface area (Å²) in [6.45, 7) is 0. The van der Waals surface area contributed by atoms with Crippen LogP contribution in [0.1, 0.15) is 0 Å². The molecular weight excluding hydrogens is 751 g/mol. The second kappa shape index (κ2) is 16.1. The standard InChI is InChI=1S/C59H39N3/c1-5-19-40(20-6-1)44-33-34-53(56(39-44)42-23-9-3-10-24-42)52-36-35-50(46-28-14-15-29-47(46)52)51-37-38-55(49-31-17-16-30-48(49)51)59-61-57(43-25-11-4-12-26-43)60-58(62-59)54-32-18-13-27-45(54)41-21-7-2-8-22-41/h1-39H. The molecule has 0 radical (unpaired) electrons. The second-order valence-electron chi connectivity index (χ2n) is 15.5. The molecule has 0 fully saturated rings. The Bertz CT molecular complexity index is 3380. The predicted molar refractivity (Wildman–Crippen MR) is 258 cm³/mol. The van der Waals surface area contributed by atoms with Gasteiger partial charge in [0.05, 0.1) is 0 Å². The largest absolute Gasteiger partial charge is 0.208 e. The maximum atomic E-state index is 5.27. The van der Waals surface area contributed by atoms with Gasteiger partial charge in [-0.1, -0.05) is 224 Å². The summed E-state index contributed by atoms with van der Waals surface area (Å²) in [5.74, 6) is 1.90. The van der Waals surface area contributed by atoms with Gasteiger partial charge in [0.25, 0.3) is 0 Å². The van der Waals surface area contributed by atoms with Crippen LogP contribution >= 0.6 is 0 Å². The maximum Gasteiger partial charge on any atom is 0.164 e. The molecular formula is C59H39N3. The van der Waals surface area contributed by atoms with Gasteiger partial charge in [0.2, 0.25) is 0 Å². The highest BCUT2D eigenvalue weighted by Crippen LogP contribution is 2.44. The van der Waals surface area contributed by atoms with Crippen LogP contribution in [0.15, 0.2) is 237 Å². The van der Waals surface area contributed by atoms with Crippen molar-refractivity contribution in [3.05, 3.63) is 237 Å². The second-order valence-corrected chi connectivity index (χ2v) is 15.5. The van der Waals surface area contributed by atoms with E-state index in [0.717, 1.165) is 44.2 Å². The van der Waals surface area contributed by atoms with Crippen LogP contribution in [0.5, 0.6) is 0 Å². The highest BCUT2D eigenvalue weighted by molar-refractivity contribution is 6.12. The zero-order chi connectivity index (χ0) is 41.2. The lowest BCUT2D eigenvalue weighted by Crippen LogP contribution is -2.01. The van der Waals surface area contributed by atoms with Crippen LogP contribution in [-0.4, -0.2) is 15.0 Å². The molecule has 0 atom stereocenters. The van der Waals surface area contributed by atoms with Gasteiger partial charge in [-0.25, -0.2) is 15.0 Å². The lowest BCUT2D eigenvalue weighted by atomic mass is 9.86. The molecule has 10 aromatic carbocycles. The van der Waals surface area contributed by atoms with E-state index in [-0.39, 0.29) is 0 Å². The Kier molecular flexibility index (Phi) is 9.53. The van der Waals surface area contributed by atoms with Crippen LogP contribution in [0.2, 0.25) is 0 Å². The van der Waals surface area contributed by atoms with Crippen LogP contribution in [-0.2, 0) is 0 Å². The summed E-state index contributed by atoms with van der Waals surface area (Å²) in [7, 11) is 0. The number of hydrogen-bond donors (Lipinski definition) is 0. The van der Waals surface area contributed by atoms with Crippen molar-refractivity contribution in [3.8, 4) is 89.8 Å². The fraction of sp³-hybridized carbons (Fsp3) is 0. The Morgan fingerprint density at radius 2 is 0.532 bits per heavy atom. The van der Waals surface area contributed by atoms with Crippen LogP contribution in [0.3, 0.4) is 0 Å². The van der Waals surface area contributed by atoms with Gasteiger partial charge >= 0.3 is 0 Å². The molecule has 0 unspecified atom stereocenters. The average Bonchev–Trinajstić information content (AvgIpc) is 3.36. The minimum atomic E-state index is 0.632. The highest BCUT2D eigenvalue weighted by atomic mass is 15.0. The molecule has 62 heavy (non-hydrogen) atoms. The van der Waals surface area contributed by atoms with Crippen LogP contribution in [0, 0.1) is 0 Å². The summed E-state index contributed by atoms with van der Waals surface area (Å²) in [4.78, 5) is 15.6. The van der Waals surface area contributed by atoms with E-state index in [1.54, 1.807) is 0 Å². The van der Waals surface area contributed by atoms with Crippen molar-refractivity contribution in [1.82, 2.24) is 15.0 Å². The minimum Gasteiger partial charge on any atom is -0.208 e. The smallest absolute Gasteiger partial charge is 0.164 e. The first kappa shape index (κ1) is 36.8. The van der Waals surface area contributed by atoms with E-state index in [4.69, 9.17) is 15.0 Å². The van der Waals surface area contributed by atoms with Gasteiger partial charge in [0, 0.05) is 16.7 Å². The summed E-state index contributed by atoms with van der Waals surface area (Å²) < 4.78 is 0. The van der Waals surface area contributed by atoms with Gasteiger partial charge < -0.3 is 0 Å². The van der Waals surface area contributed by atoms with E-state index in [1.807, 2.05) is 24.3 Å². The molecule has 11 rings (SSSR count). The summed E-state index contributed by atoms with van der Waals surface area (Å²) in [5, 5.41) is 4.61. The topological polar surface area (TPSA) is 38.7 Å². The Morgan fingerprint density at radius 3 is 1.08 bits per heavy atom. The molecule has 3 nitrogen and oxygen atoms in total. The molecule has 0 aliphatic heterocycles. The van der Waals surface area contributed by atoms with E-state index in [9.17, 15) is 0 Å². The summed E-state index contributed by atoms with van der Waals surface area (Å²) in [6, 6.07) is 83.7. The zero-order valence-corrected chi connectivity index (χ0v) is 33.9. The number of benzene rings is 10. The van der Waals surface area contributed by atoms with Crippen molar-refractivity contribution in [2.24, 2.45) is 0 Å². The molecule has 0 saturated heterocycles. The lowest BCUT2D eigenvalue weighted by Gasteiger charge is -2.18. The first-order valence-electron chi connectivity index (χ1n) is 21.0. The van der Waals surface area contributed by atoms with Crippen LogP contribution < -0.4 is 0 Å². The predicted octanol–water partition coefficient (Wildman–Crippen LogP) is 15.5. The first-order valence-corrected chi connectivity index (χ1v) is 21.0. The van der Waals surface area contributed by atoms with Crippen LogP contribution in [0.4, 0.5) is 0 Å². The molecule has 11 aromatic rings. The minimum absolute atomic E-state index is 0.632. The van der Waals surface area contributed by atoms with Gasteiger partial charge in [-0.15, -0.1) is 0 Å². The highest BCUT2D eigenvalue weighted by Gasteiger charge is 2.20. The molecule has 290 valence electrons. The number of nitrogens with zero attached hydrogens (tertiary/aromatic N) is 3. The molecule has 0 spiro atoms. The van der Waals surface area contributed by atoms with Crippen molar-refractivity contribution in [2.45, 2.75) is 0 Å². The Balaban J connectivity index is 1.07. The number of aromatic nitrogens is 3.